The molecule has 1 amide bonds. The van der Waals surface area contributed by atoms with Crippen molar-refractivity contribution < 1.29 is 22.7 Å². The predicted octanol–water partition coefficient (Wildman–Crippen LogP) is 4.85. The highest BCUT2D eigenvalue weighted by molar-refractivity contribution is 5.96. The molecular weight excluding hydrogens is 559 g/mol. The number of aromatic nitrogens is 2. The number of amides is 1. The number of piperazine rings is 1. The Morgan fingerprint density at radius 3 is 2.51 bits per heavy atom. The van der Waals surface area contributed by atoms with Gasteiger partial charge in [0.15, 0.2) is 0 Å². The van der Waals surface area contributed by atoms with Gasteiger partial charge < -0.3 is 25.2 Å². The lowest BCUT2D eigenvalue weighted by atomic mass is 9.93. The summed E-state index contributed by atoms with van der Waals surface area (Å²) in [5.74, 6) is 0.312. The first-order valence-corrected chi connectivity index (χ1v) is 14.2. The number of ether oxygens (including phenoxy) is 1. The molecule has 3 heterocycles. The first kappa shape index (κ1) is 30.1. The molecule has 226 valence electrons. The van der Waals surface area contributed by atoms with Gasteiger partial charge in [-0.25, -0.2) is 0 Å². The fraction of sp³-hybridized carbons (Fsp3) is 0.419. The van der Waals surface area contributed by atoms with Gasteiger partial charge in [-0.1, -0.05) is 6.58 Å². The van der Waals surface area contributed by atoms with Crippen LogP contribution in [0.5, 0.6) is 6.01 Å². The Kier molecular flexibility index (Phi) is 8.21. The van der Waals surface area contributed by atoms with Crippen LogP contribution in [0.1, 0.15) is 37.8 Å². The van der Waals surface area contributed by atoms with E-state index in [1.165, 1.54) is 30.3 Å². The smallest absolute Gasteiger partial charge is 0.417 e. The third kappa shape index (κ3) is 5.95. The molecule has 0 unspecified atom stereocenters. The Morgan fingerprint density at radius 2 is 1.91 bits per heavy atom. The zero-order valence-corrected chi connectivity index (χ0v) is 24.4. The van der Waals surface area contributed by atoms with Crippen LogP contribution in [0.3, 0.4) is 0 Å². The molecule has 2 saturated heterocycles. The van der Waals surface area contributed by atoms with E-state index in [2.05, 4.69) is 22.5 Å². The highest BCUT2D eigenvalue weighted by Crippen LogP contribution is 2.41. The molecule has 12 heteroatoms. The second kappa shape index (κ2) is 11.7. The van der Waals surface area contributed by atoms with Gasteiger partial charge in [-0.2, -0.15) is 28.4 Å². The standard InChI is InChI=1S/C31H34F3N7O2/c1-5-28(42)40-15-18(2)41(19(3)16-40)29-25-11-20(14-35)23(24-12-21(36)8-9-26(24)31(32,33)34)13-27(25)37-30(38-29)43-17-22-7-6-10-39(22)4/h5,8-9,11-13,18-19,22H,1,6-7,10,15-17,36H2,2-4H3/t18-,19+,22-/m0/s1. The summed E-state index contributed by atoms with van der Waals surface area (Å²) in [6, 6.07) is 8.30. The van der Waals surface area contributed by atoms with Gasteiger partial charge in [0.25, 0.3) is 0 Å². The number of hydrogen-bond acceptors (Lipinski definition) is 8. The second-order valence-electron chi connectivity index (χ2n) is 11.3. The molecule has 0 radical (unpaired) electrons. The lowest BCUT2D eigenvalue weighted by Gasteiger charge is -2.45. The SMILES string of the molecule is C=CC(=O)N1C[C@@H](C)N(c2nc(OC[C@@H]3CCCN3C)nc3cc(-c4cc(N)ccc4C(F)(F)F)c(C#N)cc23)[C@@H](C)C1. The van der Waals surface area contributed by atoms with E-state index >= 15 is 0 Å². The van der Waals surface area contributed by atoms with E-state index in [-0.39, 0.29) is 52.4 Å². The van der Waals surface area contributed by atoms with Gasteiger partial charge in [-0.3, -0.25) is 4.79 Å². The summed E-state index contributed by atoms with van der Waals surface area (Å²) >= 11 is 0. The maximum Gasteiger partial charge on any atom is 0.417 e. The average molecular weight is 594 g/mol. The summed E-state index contributed by atoms with van der Waals surface area (Å²) in [7, 11) is 2.03. The Labute approximate surface area is 248 Å². The number of nitriles is 1. The number of likely N-dealkylation sites (N-methyl/N-ethyl adjacent to an activating group) is 1. The summed E-state index contributed by atoms with van der Waals surface area (Å²) in [5.41, 5.74) is 5.33. The third-order valence-electron chi connectivity index (χ3n) is 8.28. The Balaban J connectivity index is 1.67. The van der Waals surface area contributed by atoms with Gasteiger partial charge in [0.2, 0.25) is 5.91 Å². The number of nitrogens with two attached hydrogens (primary N) is 1. The zero-order chi connectivity index (χ0) is 31.1. The molecule has 2 aromatic carbocycles. The van der Waals surface area contributed by atoms with Crippen molar-refractivity contribution in [3.05, 3.63) is 54.1 Å². The Hall–Kier alpha value is -4.37. The van der Waals surface area contributed by atoms with Crippen LogP contribution < -0.4 is 15.4 Å². The third-order valence-corrected chi connectivity index (χ3v) is 8.28. The van der Waals surface area contributed by atoms with E-state index in [1.54, 1.807) is 4.90 Å². The number of alkyl halides is 3. The van der Waals surface area contributed by atoms with Gasteiger partial charge in [-0.15, -0.1) is 0 Å². The van der Waals surface area contributed by atoms with Crippen LogP contribution in [0.15, 0.2) is 43.0 Å². The highest BCUT2D eigenvalue weighted by atomic mass is 19.4. The largest absolute Gasteiger partial charge is 0.462 e. The summed E-state index contributed by atoms with van der Waals surface area (Å²) < 4.78 is 48.3. The van der Waals surface area contributed by atoms with Crippen molar-refractivity contribution >= 4 is 28.3 Å². The summed E-state index contributed by atoms with van der Waals surface area (Å²) in [6.07, 6.45) is -1.36. The lowest BCUT2D eigenvalue weighted by molar-refractivity contribution is -0.137. The molecule has 0 aliphatic carbocycles. The lowest BCUT2D eigenvalue weighted by Crippen LogP contribution is -2.58. The van der Waals surface area contributed by atoms with Crippen molar-refractivity contribution in [1.29, 1.82) is 5.26 Å². The fourth-order valence-electron chi connectivity index (χ4n) is 6.16. The minimum atomic E-state index is -4.67. The number of fused-ring (bicyclic) bond motifs is 1. The molecule has 2 fully saturated rings. The van der Waals surface area contributed by atoms with E-state index in [1.807, 2.05) is 25.8 Å². The first-order valence-electron chi connectivity index (χ1n) is 14.2. The predicted molar refractivity (Wildman–Crippen MR) is 158 cm³/mol. The van der Waals surface area contributed by atoms with Crippen LogP contribution in [0, 0.1) is 11.3 Å². The number of nitrogen functional groups attached to an aromatic ring is 1. The van der Waals surface area contributed by atoms with Crippen LogP contribution in [-0.4, -0.2) is 77.1 Å². The van der Waals surface area contributed by atoms with Crippen molar-refractivity contribution in [2.75, 3.05) is 43.9 Å². The maximum atomic E-state index is 14.1. The topological polar surface area (TPSA) is 112 Å². The van der Waals surface area contributed by atoms with Crippen molar-refractivity contribution in [3.63, 3.8) is 0 Å². The number of carbonyl (C=O) groups excluding carboxylic acids is 1. The molecule has 1 aromatic heterocycles. The molecule has 0 bridgehead atoms. The molecule has 0 saturated carbocycles. The molecule has 43 heavy (non-hydrogen) atoms. The first-order chi connectivity index (χ1) is 20.4. The number of likely N-dealkylation sites (tertiary alicyclic amines) is 1. The quantitative estimate of drug-likeness (QED) is 0.319. The molecule has 5 rings (SSSR count). The van der Waals surface area contributed by atoms with E-state index in [4.69, 9.17) is 15.5 Å². The number of halogens is 3. The van der Waals surface area contributed by atoms with Crippen molar-refractivity contribution in [2.24, 2.45) is 0 Å². The van der Waals surface area contributed by atoms with Crippen LogP contribution in [0.25, 0.3) is 22.0 Å². The van der Waals surface area contributed by atoms with Crippen molar-refractivity contribution in [2.45, 2.75) is 51.0 Å². The number of carbonyl (C=O) groups is 1. The van der Waals surface area contributed by atoms with Gasteiger partial charge >= 0.3 is 12.2 Å². The number of anilines is 2. The fourth-order valence-corrected chi connectivity index (χ4v) is 6.16. The molecule has 0 spiro atoms. The second-order valence-corrected chi connectivity index (χ2v) is 11.3. The summed E-state index contributed by atoms with van der Waals surface area (Å²) in [6.45, 7) is 9.65. The van der Waals surface area contributed by atoms with E-state index in [9.17, 15) is 23.2 Å². The summed E-state index contributed by atoms with van der Waals surface area (Å²) in [5, 5.41) is 10.6. The van der Waals surface area contributed by atoms with Gasteiger partial charge in [-0.05, 0) is 82.3 Å². The zero-order valence-electron chi connectivity index (χ0n) is 24.4. The number of rotatable bonds is 6. The Morgan fingerprint density at radius 1 is 1.19 bits per heavy atom. The van der Waals surface area contributed by atoms with Gasteiger partial charge in [0.1, 0.15) is 12.4 Å². The number of benzene rings is 2. The molecule has 3 atom stereocenters. The minimum Gasteiger partial charge on any atom is -0.462 e. The monoisotopic (exact) mass is 593 g/mol. The molecule has 2 N–H and O–H groups in total. The average Bonchev–Trinajstić information content (AvgIpc) is 3.38. The molecular formula is C31H34F3N7O2. The minimum absolute atomic E-state index is 0.0236. The van der Waals surface area contributed by atoms with Gasteiger partial charge in [0, 0.05) is 47.9 Å². The van der Waals surface area contributed by atoms with E-state index in [0.717, 1.165) is 25.5 Å². The number of hydrogen-bond donors (Lipinski definition) is 1. The molecule has 3 aromatic rings. The van der Waals surface area contributed by atoms with Crippen LogP contribution in [-0.2, 0) is 11.0 Å². The van der Waals surface area contributed by atoms with Crippen LogP contribution in [0.4, 0.5) is 24.7 Å². The van der Waals surface area contributed by atoms with E-state index < -0.39 is 11.7 Å². The normalized spacial score (nSPS) is 21.2. The van der Waals surface area contributed by atoms with Crippen molar-refractivity contribution in [1.82, 2.24) is 19.8 Å². The van der Waals surface area contributed by atoms with Crippen LogP contribution in [0.2, 0.25) is 0 Å². The maximum absolute atomic E-state index is 14.1. The Bertz CT molecular complexity index is 1590. The van der Waals surface area contributed by atoms with Crippen LogP contribution >= 0.6 is 0 Å². The van der Waals surface area contributed by atoms with Crippen molar-refractivity contribution in [3.8, 4) is 23.2 Å². The molecule has 2 aliphatic rings. The molecule has 9 nitrogen and oxygen atoms in total. The van der Waals surface area contributed by atoms with Gasteiger partial charge in [0.05, 0.1) is 22.7 Å². The summed E-state index contributed by atoms with van der Waals surface area (Å²) in [4.78, 5) is 27.8. The van der Waals surface area contributed by atoms with E-state index in [0.29, 0.717) is 36.4 Å². The number of nitrogens with zero attached hydrogens (tertiary/aromatic N) is 6. The molecule has 2 aliphatic heterocycles. The highest BCUT2D eigenvalue weighted by Gasteiger charge is 2.36.